The molecule has 1 aliphatic carbocycles. The smallest absolute Gasteiger partial charge is 0.126 e. The number of rotatable bonds is 3. The molecule has 1 aromatic rings. The molecule has 0 radical (unpaired) electrons. The maximum absolute atomic E-state index is 13.7. The molecule has 0 heterocycles. The highest BCUT2D eigenvalue weighted by atomic mass is 19.1. The molecule has 1 aromatic carbocycles. The lowest BCUT2D eigenvalue weighted by Crippen LogP contribution is -2.31. The molecule has 0 spiro atoms. The van der Waals surface area contributed by atoms with Crippen LogP contribution in [0.5, 0.6) is 0 Å². The molecule has 1 nitrogen and oxygen atoms in total. The van der Waals surface area contributed by atoms with Crippen molar-refractivity contribution < 1.29 is 13.9 Å². The quantitative estimate of drug-likeness (QED) is 0.813. The Hall–Kier alpha value is -0.960. The first-order valence-electron chi connectivity index (χ1n) is 7.19. The van der Waals surface area contributed by atoms with Crippen LogP contribution in [0.1, 0.15) is 51.0 Å². The van der Waals surface area contributed by atoms with Crippen molar-refractivity contribution in [3.05, 3.63) is 35.4 Å². The first kappa shape index (κ1) is 14.4. The van der Waals surface area contributed by atoms with Gasteiger partial charge in [-0.1, -0.05) is 26.2 Å². The van der Waals surface area contributed by atoms with Crippen LogP contribution in [0.25, 0.3) is 0 Å². The van der Waals surface area contributed by atoms with E-state index in [4.69, 9.17) is 0 Å². The van der Waals surface area contributed by atoms with Crippen molar-refractivity contribution in [2.45, 2.75) is 57.5 Å². The molecule has 2 unspecified atom stereocenters. The topological polar surface area (TPSA) is 20.2 Å². The van der Waals surface area contributed by atoms with Crippen molar-refractivity contribution in [2.24, 2.45) is 5.92 Å². The fraction of sp³-hybridized carbons (Fsp3) is 0.625. The van der Waals surface area contributed by atoms with Crippen molar-refractivity contribution in [1.82, 2.24) is 0 Å². The maximum atomic E-state index is 13.7. The van der Waals surface area contributed by atoms with Gasteiger partial charge in [0, 0.05) is 6.42 Å². The Morgan fingerprint density at radius 2 is 2.05 bits per heavy atom. The molecule has 1 aliphatic rings. The molecule has 1 fully saturated rings. The van der Waals surface area contributed by atoms with E-state index in [1.54, 1.807) is 0 Å². The van der Waals surface area contributed by atoms with E-state index in [0.717, 1.165) is 37.8 Å². The second kappa shape index (κ2) is 6.00. The Balaban J connectivity index is 2.10. The summed E-state index contributed by atoms with van der Waals surface area (Å²) in [6.45, 7) is 2.17. The molecule has 0 saturated heterocycles. The lowest BCUT2D eigenvalue weighted by Gasteiger charge is -2.27. The summed E-state index contributed by atoms with van der Waals surface area (Å²) in [5.74, 6) is -0.211. The van der Waals surface area contributed by atoms with Gasteiger partial charge in [-0.15, -0.1) is 0 Å². The number of halogens is 2. The predicted octanol–water partition coefficient (Wildman–Crippen LogP) is 4.23. The summed E-state index contributed by atoms with van der Waals surface area (Å²) < 4.78 is 26.8. The minimum absolute atomic E-state index is 0.215. The molecular weight excluding hydrogens is 246 g/mol. The fourth-order valence-electron chi connectivity index (χ4n) is 3.08. The van der Waals surface area contributed by atoms with Crippen LogP contribution in [0.15, 0.2) is 18.2 Å². The number of benzene rings is 1. The van der Waals surface area contributed by atoms with Gasteiger partial charge in [-0.2, -0.15) is 0 Å². The Kier molecular flexibility index (Phi) is 4.56. The van der Waals surface area contributed by atoms with Crippen LogP contribution >= 0.6 is 0 Å². The lowest BCUT2D eigenvalue weighted by molar-refractivity contribution is 0.0233. The van der Waals surface area contributed by atoms with Crippen LogP contribution in [0.3, 0.4) is 0 Å². The Morgan fingerprint density at radius 1 is 1.26 bits per heavy atom. The van der Waals surface area contributed by atoms with E-state index in [2.05, 4.69) is 6.92 Å². The fourth-order valence-corrected chi connectivity index (χ4v) is 3.08. The molecule has 106 valence electrons. The van der Waals surface area contributed by atoms with Gasteiger partial charge in [0.05, 0.1) is 5.60 Å². The normalized spacial score (nSPS) is 28.1. The van der Waals surface area contributed by atoms with Gasteiger partial charge in [0.2, 0.25) is 0 Å². The van der Waals surface area contributed by atoms with E-state index >= 15 is 0 Å². The first-order valence-corrected chi connectivity index (χ1v) is 7.19. The second-order valence-electron chi connectivity index (χ2n) is 5.84. The van der Waals surface area contributed by atoms with Crippen LogP contribution in [-0.2, 0) is 6.42 Å². The standard InChI is InChI=1S/C16H22F2O/c1-2-12-4-3-8-16(19,9-7-12)11-13-10-14(17)5-6-15(13)18/h5-6,10,12,19H,2-4,7-9,11H2,1H3. The second-order valence-corrected chi connectivity index (χ2v) is 5.84. The zero-order valence-electron chi connectivity index (χ0n) is 11.5. The average molecular weight is 268 g/mol. The molecule has 1 N–H and O–H groups in total. The Morgan fingerprint density at radius 3 is 2.79 bits per heavy atom. The van der Waals surface area contributed by atoms with Gasteiger partial charge < -0.3 is 5.11 Å². The zero-order chi connectivity index (χ0) is 13.9. The molecule has 2 atom stereocenters. The Labute approximate surface area is 113 Å². The monoisotopic (exact) mass is 268 g/mol. The largest absolute Gasteiger partial charge is 0.390 e. The van der Waals surface area contributed by atoms with Crippen molar-refractivity contribution in [3.8, 4) is 0 Å². The van der Waals surface area contributed by atoms with Crippen LogP contribution in [0.4, 0.5) is 8.78 Å². The number of aliphatic hydroxyl groups is 1. The SMILES string of the molecule is CCC1CCCC(O)(Cc2cc(F)ccc2F)CC1. The highest BCUT2D eigenvalue weighted by Crippen LogP contribution is 2.34. The third-order valence-electron chi connectivity index (χ3n) is 4.38. The van der Waals surface area contributed by atoms with Gasteiger partial charge in [-0.25, -0.2) is 8.78 Å². The summed E-state index contributed by atoms with van der Waals surface area (Å²) in [4.78, 5) is 0. The van der Waals surface area contributed by atoms with Crippen molar-refractivity contribution in [2.75, 3.05) is 0 Å². The highest BCUT2D eigenvalue weighted by molar-refractivity contribution is 5.20. The summed E-state index contributed by atoms with van der Waals surface area (Å²) in [5.41, 5.74) is -0.587. The molecule has 2 rings (SSSR count). The van der Waals surface area contributed by atoms with Crippen LogP contribution in [0, 0.1) is 17.6 Å². The minimum atomic E-state index is -0.876. The third-order valence-corrected chi connectivity index (χ3v) is 4.38. The van der Waals surface area contributed by atoms with E-state index in [1.807, 2.05) is 0 Å². The molecule has 0 bridgehead atoms. The molecule has 19 heavy (non-hydrogen) atoms. The van der Waals surface area contributed by atoms with E-state index in [-0.39, 0.29) is 12.0 Å². The van der Waals surface area contributed by atoms with E-state index < -0.39 is 17.2 Å². The van der Waals surface area contributed by atoms with Gasteiger partial charge in [0.25, 0.3) is 0 Å². The Bertz CT molecular complexity index is 433. The van der Waals surface area contributed by atoms with E-state index in [0.29, 0.717) is 18.8 Å². The molecule has 0 amide bonds. The van der Waals surface area contributed by atoms with E-state index in [1.165, 1.54) is 6.07 Å². The average Bonchev–Trinajstić information content (AvgIpc) is 2.56. The van der Waals surface area contributed by atoms with Gasteiger partial charge in [-0.05, 0) is 48.9 Å². The van der Waals surface area contributed by atoms with Crippen LogP contribution in [-0.4, -0.2) is 10.7 Å². The lowest BCUT2D eigenvalue weighted by atomic mass is 9.86. The summed E-state index contributed by atoms with van der Waals surface area (Å²) in [6.07, 6.45) is 5.78. The van der Waals surface area contributed by atoms with E-state index in [9.17, 15) is 13.9 Å². The first-order chi connectivity index (χ1) is 9.02. The van der Waals surface area contributed by atoms with Crippen molar-refractivity contribution >= 4 is 0 Å². The molecule has 0 aliphatic heterocycles. The third kappa shape index (κ3) is 3.75. The number of hydrogen-bond acceptors (Lipinski definition) is 1. The zero-order valence-corrected chi connectivity index (χ0v) is 11.5. The molecule has 0 aromatic heterocycles. The summed E-state index contributed by atoms with van der Waals surface area (Å²) in [6, 6.07) is 3.46. The summed E-state index contributed by atoms with van der Waals surface area (Å²) >= 11 is 0. The maximum Gasteiger partial charge on any atom is 0.126 e. The van der Waals surface area contributed by atoms with Gasteiger partial charge >= 0.3 is 0 Å². The van der Waals surface area contributed by atoms with Gasteiger partial charge in [0.15, 0.2) is 0 Å². The van der Waals surface area contributed by atoms with Crippen molar-refractivity contribution in [1.29, 1.82) is 0 Å². The van der Waals surface area contributed by atoms with Crippen LogP contribution < -0.4 is 0 Å². The van der Waals surface area contributed by atoms with Gasteiger partial charge in [0.1, 0.15) is 11.6 Å². The van der Waals surface area contributed by atoms with Gasteiger partial charge in [-0.3, -0.25) is 0 Å². The highest BCUT2D eigenvalue weighted by Gasteiger charge is 2.31. The van der Waals surface area contributed by atoms with Crippen molar-refractivity contribution in [3.63, 3.8) is 0 Å². The molecule has 3 heteroatoms. The summed E-state index contributed by atoms with van der Waals surface area (Å²) in [5, 5.41) is 10.6. The molecule has 1 saturated carbocycles. The predicted molar refractivity (Wildman–Crippen MR) is 71.9 cm³/mol. The minimum Gasteiger partial charge on any atom is -0.390 e. The number of hydrogen-bond donors (Lipinski definition) is 1. The molecular formula is C16H22F2O. The van der Waals surface area contributed by atoms with Crippen LogP contribution in [0.2, 0.25) is 0 Å². The summed E-state index contributed by atoms with van der Waals surface area (Å²) in [7, 11) is 0.